The largest absolute Gasteiger partial charge is 0.378 e. The molecule has 0 spiro atoms. The summed E-state index contributed by atoms with van der Waals surface area (Å²) < 4.78 is 7.50. The summed E-state index contributed by atoms with van der Waals surface area (Å²) in [6, 6.07) is 0.486. The fourth-order valence-electron chi connectivity index (χ4n) is 3.81. The van der Waals surface area contributed by atoms with E-state index >= 15 is 0 Å². The van der Waals surface area contributed by atoms with Crippen molar-refractivity contribution < 1.29 is 9.53 Å². The zero-order valence-corrected chi connectivity index (χ0v) is 14.5. The van der Waals surface area contributed by atoms with Crippen LogP contribution in [0.5, 0.6) is 0 Å². The van der Waals surface area contributed by atoms with Crippen LogP contribution >= 0.6 is 0 Å². The van der Waals surface area contributed by atoms with E-state index in [-0.39, 0.29) is 11.9 Å². The van der Waals surface area contributed by atoms with Gasteiger partial charge in [0, 0.05) is 19.2 Å². The minimum absolute atomic E-state index is 0.118. The first-order valence-electron chi connectivity index (χ1n) is 8.66. The second-order valence-electron chi connectivity index (χ2n) is 6.79. The van der Waals surface area contributed by atoms with Gasteiger partial charge in [0.2, 0.25) is 5.91 Å². The van der Waals surface area contributed by atoms with Crippen LogP contribution in [0.15, 0.2) is 0 Å². The molecule has 2 fully saturated rings. The molecule has 0 saturated carbocycles. The van der Waals surface area contributed by atoms with Crippen molar-refractivity contribution in [2.24, 2.45) is 7.05 Å². The molecule has 23 heavy (non-hydrogen) atoms. The van der Waals surface area contributed by atoms with Crippen molar-refractivity contribution in [2.45, 2.75) is 51.6 Å². The van der Waals surface area contributed by atoms with Crippen LogP contribution in [0.25, 0.3) is 0 Å². The highest BCUT2D eigenvalue weighted by atomic mass is 16.5. The van der Waals surface area contributed by atoms with Gasteiger partial charge in [-0.15, -0.1) is 0 Å². The molecule has 6 nitrogen and oxygen atoms in total. The number of amides is 1. The van der Waals surface area contributed by atoms with Gasteiger partial charge in [0.25, 0.3) is 0 Å². The SMILES string of the molecule is Cc1nn(C)c(C)c1CCC(=O)NC1COCC1N1CCCC1. The minimum atomic E-state index is 0.118. The van der Waals surface area contributed by atoms with Gasteiger partial charge in [-0.1, -0.05) is 0 Å². The van der Waals surface area contributed by atoms with E-state index in [4.69, 9.17) is 4.74 Å². The molecule has 128 valence electrons. The van der Waals surface area contributed by atoms with Crippen molar-refractivity contribution in [3.8, 4) is 0 Å². The maximum Gasteiger partial charge on any atom is 0.220 e. The van der Waals surface area contributed by atoms with Crippen LogP contribution in [0.3, 0.4) is 0 Å². The van der Waals surface area contributed by atoms with E-state index in [0.29, 0.717) is 19.1 Å². The fraction of sp³-hybridized carbons (Fsp3) is 0.765. The molecular formula is C17H28N4O2. The molecule has 2 aliphatic heterocycles. The van der Waals surface area contributed by atoms with E-state index < -0.39 is 0 Å². The zero-order valence-electron chi connectivity index (χ0n) is 14.5. The molecule has 0 aromatic carbocycles. The molecule has 1 N–H and O–H groups in total. The highest BCUT2D eigenvalue weighted by Gasteiger charge is 2.35. The third kappa shape index (κ3) is 3.58. The monoisotopic (exact) mass is 320 g/mol. The molecule has 2 saturated heterocycles. The van der Waals surface area contributed by atoms with E-state index in [2.05, 4.69) is 22.2 Å². The third-order valence-electron chi connectivity index (χ3n) is 5.27. The second kappa shape index (κ2) is 7.01. The number of aryl methyl sites for hydroxylation is 2. The van der Waals surface area contributed by atoms with Gasteiger partial charge < -0.3 is 10.1 Å². The van der Waals surface area contributed by atoms with E-state index in [1.165, 1.54) is 18.4 Å². The number of likely N-dealkylation sites (tertiary alicyclic amines) is 1. The maximum atomic E-state index is 12.3. The summed E-state index contributed by atoms with van der Waals surface area (Å²) in [5.41, 5.74) is 3.37. The van der Waals surface area contributed by atoms with Gasteiger partial charge >= 0.3 is 0 Å². The van der Waals surface area contributed by atoms with Crippen molar-refractivity contribution in [3.05, 3.63) is 17.0 Å². The first-order valence-corrected chi connectivity index (χ1v) is 8.66. The second-order valence-corrected chi connectivity index (χ2v) is 6.79. The number of nitrogens with zero attached hydrogens (tertiary/aromatic N) is 3. The summed E-state index contributed by atoms with van der Waals surface area (Å²) in [6.45, 7) is 7.71. The van der Waals surface area contributed by atoms with Gasteiger partial charge in [-0.25, -0.2) is 0 Å². The smallest absolute Gasteiger partial charge is 0.220 e. The van der Waals surface area contributed by atoms with Crippen molar-refractivity contribution in [2.75, 3.05) is 26.3 Å². The first-order chi connectivity index (χ1) is 11.1. The predicted octanol–water partition coefficient (Wildman–Crippen LogP) is 0.949. The average Bonchev–Trinajstić information content (AvgIpc) is 3.21. The number of hydrogen-bond acceptors (Lipinski definition) is 4. The fourth-order valence-corrected chi connectivity index (χ4v) is 3.81. The molecule has 0 aliphatic carbocycles. The summed E-state index contributed by atoms with van der Waals surface area (Å²) in [5.74, 6) is 0.118. The van der Waals surface area contributed by atoms with Crippen LogP contribution < -0.4 is 5.32 Å². The van der Waals surface area contributed by atoms with Crippen LogP contribution in [-0.4, -0.2) is 59.0 Å². The Labute approximate surface area is 138 Å². The number of aromatic nitrogens is 2. The Kier molecular flexibility index (Phi) is 5.02. The normalized spacial score (nSPS) is 25.2. The number of nitrogens with one attached hydrogen (secondary N) is 1. The highest BCUT2D eigenvalue weighted by Crippen LogP contribution is 2.19. The van der Waals surface area contributed by atoms with Gasteiger partial charge in [-0.3, -0.25) is 14.4 Å². The Hall–Kier alpha value is -1.40. The van der Waals surface area contributed by atoms with E-state index in [9.17, 15) is 4.79 Å². The quantitative estimate of drug-likeness (QED) is 0.877. The number of hydrogen-bond donors (Lipinski definition) is 1. The summed E-state index contributed by atoms with van der Waals surface area (Å²) >= 11 is 0. The number of ether oxygens (including phenoxy) is 1. The highest BCUT2D eigenvalue weighted by molar-refractivity contribution is 5.76. The van der Waals surface area contributed by atoms with Crippen LogP contribution in [0.4, 0.5) is 0 Å². The lowest BCUT2D eigenvalue weighted by Gasteiger charge is -2.27. The molecule has 2 aliphatic rings. The van der Waals surface area contributed by atoms with Crippen LogP contribution in [0.2, 0.25) is 0 Å². The summed E-state index contributed by atoms with van der Waals surface area (Å²) in [7, 11) is 1.95. The lowest BCUT2D eigenvalue weighted by Crippen LogP contribution is -2.50. The van der Waals surface area contributed by atoms with Gasteiger partial charge in [-0.2, -0.15) is 5.10 Å². The van der Waals surface area contributed by atoms with E-state index in [0.717, 1.165) is 37.5 Å². The Bertz CT molecular complexity index is 563. The first kappa shape index (κ1) is 16.5. The Morgan fingerprint density at radius 3 is 2.70 bits per heavy atom. The maximum absolute atomic E-state index is 12.3. The molecule has 0 bridgehead atoms. The summed E-state index contributed by atoms with van der Waals surface area (Å²) in [4.78, 5) is 14.8. The Morgan fingerprint density at radius 1 is 1.30 bits per heavy atom. The van der Waals surface area contributed by atoms with Crippen molar-refractivity contribution in [1.82, 2.24) is 20.0 Å². The van der Waals surface area contributed by atoms with Crippen molar-refractivity contribution in [3.63, 3.8) is 0 Å². The third-order valence-corrected chi connectivity index (χ3v) is 5.27. The molecule has 1 aromatic heterocycles. The van der Waals surface area contributed by atoms with Gasteiger partial charge in [0.15, 0.2) is 0 Å². The molecule has 0 radical (unpaired) electrons. The van der Waals surface area contributed by atoms with Crippen LogP contribution in [-0.2, 0) is 23.0 Å². The van der Waals surface area contributed by atoms with E-state index in [1.807, 2.05) is 18.7 Å². The topological polar surface area (TPSA) is 59.4 Å². The number of carbonyl (C=O) groups is 1. The average molecular weight is 320 g/mol. The van der Waals surface area contributed by atoms with Gasteiger partial charge in [0.05, 0.1) is 31.0 Å². The molecule has 6 heteroatoms. The van der Waals surface area contributed by atoms with E-state index in [1.54, 1.807) is 0 Å². The van der Waals surface area contributed by atoms with Crippen LogP contribution in [0, 0.1) is 13.8 Å². The molecule has 3 rings (SSSR count). The summed E-state index contributed by atoms with van der Waals surface area (Å²) in [5, 5.41) is 7.60. The standard InChI is InChI=1S/C17H28N4O2/c1-12-14(13(2)20(3)19-12)6-7-17(22)18-15-10-23-11-16(15)21-8-4-5-9-21/h15-16H,4-11H2,1-3H3,(H,18,22). The minimum Gasteiger partial charge on any atom is -0.378 e. The Morgan fingerprint density at radius 2 is 2.04 bits per heavy atom. The lowest BCUT2D eigenvalue weighted by molar-refractivity contribution is -0.122. The molecule has 2 unspecified atom stereocenters. The molecule has 1 amide bonds. The predicted molar refractivity (Wildman–Crippen MR) is 88.3 cm³/mol. The molecular weight excluding hydrogens is 292 g/mol. The van der Waals surface area contributed by atoms with Gasteiger partial charge in [-0.05, 0) is 51.8 Å². The lowest BCUT2D eigenvalue weighted by atomic mass is 10.1. The molecule has 3 heterocycles. The Balaban J connectivity index is 1.52. The molecule has 2 atom stereocenters. The van der Waals surface area contributed by atoms with Crippen LogP contribution in [0.1, 0.15) is 36.2 Å². The number of rotatable bonds is 5. The zero-order chi connectivity index (χ0) is 16.4. The van der Waals surface area contributed by atoms with Gasteiger partial charge in [0.1, 0.15) is 0 Å². The summed E-state index contributed by atoms with van der Waals surface area (Å²) in [6.07, 6.45) is 3.78. The van der Waals surface area contributed by atoms with Crippen molar-refractivity contribution >= 4 is 5.91 Å². The molecule has 1 aromatic rings. The van der Waals surface area contributed by atoms with Crippen molar-refractivity contribution in [1.29, 1.82) is 0 Å². The number of carbonyl (C=O) groups excluding carboxylic acids is 1.